The number of hydrogen-bond donors (Lipinski definition) is 0. The van der Waals surface area contributed by atoms with Gasteiger partial charge in [-0.05, 0) is 25.2 Å². The second kappa shape index (κ2) is 6.66. The van der Waals surface area contributed by atoms with Crippen LogP contribution in [0.2, 0.25) is 0 Å². The lowest BCUT2D eigenvalue weighted by atomic mass is 9.70. The zero-order valence-corrected chi connectivity index (χ0v) is 11.3. The lowest BCUT2D eigenvalue weighted by Gasteiger charge is -2.32. The van der Waals surface area contributed by atoms with Crippen LogP contribution in [0, 0.1) is 23.7 Å². The molecule has 4 atom stereocenters. The van der Waals surface area contributed by atoms with Crippen LogP contribution in [0.3, 0.4) is 0 Å². The molecule has 1 saturated heterocycles. The van der Waals surface area contributed by atoms with Gasteiger partial charge in [-0.1, -0.05) is 33.1 Å². The van der Waals surface area contributed by atoms with Gasteiger partial charge in [0.25, 0.3) is 0 Å². The first-order valence-corrected chi connectivity index (χ1v) is 6.68. The molecule has 18 heavy (non-hydrogen) atoms. The Morgan fingerprint density at radius 2 is 1.67 bits per heavy atom. The van der Waals surface area contributed by atoms with Crippen molar-refractivity contribution in [3.63, 3.8) is 0 Å². The molecule has 1 aliphatic heterocycles. The highest BCUT2D eigenvalue weighted by Crippen LogP contribution is 2.41. The smallest absolute Gasteiger partial charge is 0.317 e. The largest absolute Gasteiger partial charge is 0.393 e. The van der Waals surface area contributed by atoms with E-state index in [-0.39, 0.29) is 23.8 Å². The summed E-state index contributed by atoms with van der Waals surface area (Å²) in [4.78, 5) is 31.7. The molecule has 0 amide bonds. The zero-order chi connectivity index (χ0) is 13.7. The number of ether oxygens (including phenoxy) is 1. The fraction of sp³-hybridized carbons (Fsp3) is 0.786. The summed E-state index contributed by atoms with van der Waals surface area (Å²) in [5.74, 6) is -0.123. The molecule has 0 N–H and O–H groups in total. The summed E-state index contributed by atoms with van der Waals surface area (Å²) in [7, 11) is 0. The van der Waals surface area contributed by atoms with Crippen molar-refractivity contribution in [3.8, 4) is 0 Å². The first-order chi connectivity index (χ1) is 8.52. The Bertz CT molecular complexity index is 324. The van der Waals surface area contributed by atoms with Crippen LogP contribution in [-0.4, -0.2) is 18.2 Å². The fourth-order valence-electron chi connectivity index (χ4n) is 3.03. The first-order valence-electron chi connectivity index (χ1n) is 6.68. The van der Waals surface area contributed by atoms with Crippen LogP contribution in [0.1, 0.15) is 46.5 Å². The maximum Gasteiger partial charge on any atom is 0.317 e. The molecule has 0 aromatic heterocycles. The molecule has 2 aliphatic rings. The predicted octanol–water partition coefficient (Wildman–Crippen LogP) is 2.35. The minimum atomic E-state index is -0.331. The topological polar surface area (TPSA) is 60.4 Å². The van der Waals surface area contributed by atoms with Crippen LogP contribution in [0.25, 0.3) is 0 Å². The van der Waals surface area contributed by atoms with E-state index in [0.29, 0.717) is 11.8 Å². The van der Waals surface area contributed by atoms with E-state index in [1.54, 1.807) is 0 Å². The van der Waals surface area contributed by atoms with Gasteiger partial charge in [0.15, 0.2) is 0 Å². The number of rotatable bonds is 1. The Balaban J connectivity index is 0.000000492. The Morgan fingerprint density at radius 3 is 2.11 bits per heavy atom. The van der Waals surface area contributed by atoms with E-state index in [1.165, 1.54) is 26.2 Å². The molecular formula is C14H22O4. The van der Waals surface area contributed by atoms with E-state index in [9.17, 15) is 9.59 Å². The third-order valence-electron chi connectivity index (χ3n) is 4.02. The van der Waals surface area contributed by atoms with Gasteiger partial charge in [-0.3, -0.25) is 9.59 Å². The van der Waals surface area contributed by atoms with Gasteiger partial charge in [-0.2, -0.15) is 0 Å². The van der Waals surface area contributed by atoms with Gasteiger partial charge >= 0.3 is 11.9 Å². The van der Waals surface area contributed by atoms with Crippen molar-refractivity contribution in [2.45, 2.75) is 46.5 Å². The zero-order valence-electron chi connectivity index (χ0n) is 11.3. The first kappa shape index (κ1) is 14.9. The summed E-state index contributed by atoms with van der Waals surface area (Å²) >= 11 is 0. The Labute approximate surface area is 108 Å². The molecule has 2 fully saturated rings. The van der Waals surface area contributed by atoms with E-state index >= 15 is 0 Å². The maximum absolute atomic E-state index is 11.6. The molecule has 2 rings (SSSR count). The van der Waals surface area contributed by atoms with Crippen LogP contribution in [0.4, 0.5) is 0 Å². The number of cyclic esters (lactones) is 2. The van der Waals surface area contributed by atoms with Crippen LogP contribution >= 0.6 is 0 Å². The standard InChI is InChI=1S/C12H18O3.C2H4O/c1-7-5-3-4-6-9(7)10-8(2)11(13)15-12(10)14;1-2-3/h7-10H,3-6H2,1-2H3;2H,1H3. The van der Waals surface area contributed by atoms with Crippen molar-refractivity contribution in [2.75, 3.05) is 0 Å². The molecule has 0 aromatic rings. The monoisotopic (exact) mass is 254 g/mol. The van der Waals surface area contributed by atoms with Gasteiger partial charge in [0.05, 0.1) is 11.8 Å². The number of aldehydes is 1. The lowest BCUT2D eigenvalue weighted by molar-refractivity contribution is -0.154. The van der Waals surface area contributed by atoms with Crippen molar-refractivity contribution >= 4 is 18.2 Å². The average molecular weight is 254 g/mol. The van der Waals surface area contributed by atoms with Crippen LogP contribution in [0.5, 0.6) is 0 Å². The highest BCUT2D eigenvalue weighted by molar-refractivity contribution is 5.96. The van der Waals surface area contributed by atoms with Crippen molar-refractivity contribution in [1.82, 2.24) is 0 Å². The van der Waals surface area contributed by atoms with E-state index in [2.05, 4.69) is 6.92 Å². The van der Waals surface area contributed by atoms with Crippen molar-refractivity contribution < 1.29 is 19.1 Å². The van der Waals surface area contributed by atoms with Crippen LogP contribution in [0.15, 0.2) is 0 Å². The van der Waals surface area contributed by atoms with E-state index in [1.807, 2.05) is 6.92 Å². The quantitative estimate of drug-likeness (QED) is 0.409. The third kappa shape index (κ3) is 3.18. The molecule has 1 saturated carbocycles. The average Bonchev–Trinajstić information content (AvgIpc) is 2.56. The Morgan fingerprint density at radius 1 is 1.11 bits per heavy atom. The summed E-state index contributed by atoms with van der Waals surface area (Å²) in [5, 5.41) is 0. The Hall–Kier alpha value is -1.19. The molecular weight excluding hydrogens is 232 g/mol. The highest BCUT2D eigenvalue weighted by atomic mass is 16.6. The van der Waals surface area contributed by atoms with Crippen LogP contribution < -0.4 is 0 Å². The molecule has 0 bridgehead atoms. The van der Waals surface area contributed by atoms with Gasteiger partial charge < -0.3 is 9.53 Å². The van der Waals surface area contributed by atoms with Crippen molar-refractivity contribution in [2.24, 2.45) is 23.7 Å². The SMILES string of the molecule is CC1CCCCC1C1C(=O)OC(=O)C1C.CC=O. The fourth-order valence-corrected chi connectivity index (χ4v) is 3.03. The van der Waals surface area contributed by atoms with Gasteiger partial charge in [0.1, 0.15) is 6.29 Å². The van der Waals surface area contributed by atoms with Gasteiger partial charge in [-0.25, -0.2) is 0 Å². The minimum Gasteiger partial charge on any atom is -0.393 e. The molecule has 0 aromatic carbocycles. The van der Waals surface area contributed by atoms with E-state index in [0.717, 1.165) is 12.7 Å². The summed E-state index contributed by atoms with van der Waals surface area (Å²) in [6.07, 6.45) is 5.43. The van der Waals surface area contributed by atoms with E-state index in [4.69, 9.17) is 9.53 Å². The summed E-state index contributed by atoms with van der Waals surface area (Å²) in [5.41, 5.74) is 0. The molecule has 4 nitrogen and oxygen atoms in total. The molecule has 102 valence electrons. The molecule has 0 spiro atoms. The predicted molar refractivity (Wildman–Crippen MR) is 66.6 cm³/mol. The second-order valence-corrected chi connectivity index (χ2v) is 5.22. The molecule has 0 radical (unpaired) electrons. The summed E-state index contributed by atoms with van der Waals surface area (Å²) < 4.78 is 4.71. The number of hydrogen-bond acceptors (Lipinski definition) is 4. The Kier molecular flexibility index (Phi) is 5.51. The maximum atomic E-state index is 11.6. The third-order valence-corrected chi connectivity index (χ3v) is 4.02. The molecule has 4 heteroatoms. The van der Waals surface area contributed by atoms with Crippen molar-refractivity contribution in [1.29, 1.82) is 0 Å². The minimum absolute atomic E-state index is 0.173. The summed E-state index contributed by atoms with van der Waals surface area (Å²) in [6, 6.07) is 0. The number of carbonyl (C=O) groups is 3. The normalized spacial score (nSPS) is 35.5. The summed E-state index contributed by atoms with van der Waals surface area (Å²) in [6.45, 7) is 5.45. The van der Waals surface area contributed by atoms with Crippen molar-refractivity contribution in [3.05, 3.63) is 0 Å². The van der Waals surface area contributed by atoms with Gasteiger partial charge in [-0.15, -0.1) is 0 Å². The molecule has 1 aliphatic carbocycles. The lowest BCUT2D eigenvalue weighted by Crippen LogP contribution is -2.31. The number of carbonyl (C=O) groups excluding carboxylic acids is 3. The highest BCUT2D eigenvalue weighted by Gasteiger charge is 2.47. The van der Waals surface area contributed by atoms with Gasteiger partial charge in [0.2, 0.25) is 0 Å². The molecule has 1 heterocycles. The van der Waals surface area contributed by atoms with E-state index < -0.39 is 0 Å². The van der Waals surface area contributed by atoms with Crippen LogP contribution in [-0.2, 0) is 19.1 Å². The number of esters is 2. The second-order valence-electron chi connectivity index (χ2n) is 5.22. The van der Waals surface area contributed by atoms with Gasteiger partial charge in [0, 0.05) is 0 Å². The molecule has 4 unspecified atom stereocenters.